The van der Waals surface area contributed by atoms with Gasteiger partial charge in [-0.1, -0.05) is 19.8 Å². The first-order chi connectivity index (χ1) is 6.90. The molecule has 1 fully saturated rings. The van der Waals surface area contributed by atoms with Crippen molar-refractivity contribution in [1.29, 1.82) is 0 Å². The van der Waals surface area contributed by atoms with Gasteiger partial charge in [0, 0.05) is 13.1 Å². The number of halogens is 1. The molecular formula is C12H25ClN2O. The van der Waals surface area contributed by atoms with Crippen LogP contribution in [0.3, 0.4) is 0 Å². The summed E-state index contributed by atoms with van der Waals surface area (Å²) < 4.78 is 0. The van der Waals surface area contributed by atoms with Crippen molar-refractivity contribution < 1.29 is 4.79 Å². The lowest BCUT2D eigenvalue weighted by atomic mass is 9.87. The summed E-state index contributed by atoms with van der Waals surface area (Å²) in [6.07, 6.45) is 5.06. The predicted octanol–water partition coefficient (Wildman–Crippen LogP) is 2.09. The number of rotatable bonds is 4. The molecule has 1 rings (SSSR count). The zero-order valence-electron chi connectivity index (χ0n) is 10.6. The van der Waals surface area contributed by atoms with Crippen molar-refractivity contribution in [3.05, 3.63) is 0 Å². The Morgan fingerprint density at radius 2 is 1.88 bits per heavy atom. The van der Waals surface area contributed by atoms with Gasteiger partial charge in [0.2, 0.25) is 5.91 Å². The van der Waals surface area contributed by atoms with Crippen molar-refractivity contribution in [2.24, 2.45) is 16.6 Å². The first-order valence-electron chi connectivity index (χ1n) is 5.88. The molecule has 1 amide bonds. The maximum Gasteiger partial charge on any atom is 0.226 e. The average Bonchev–Trinajstić information content (AvgIpc) is 2.62. The molecule has 0 aromatic carbocycles. The molecule has 0 aliphatic heterocycles. The number of carbonyl (C=O) groups excluding carboxylic acids is 1. The summed E-state index contributed by atoms with van der Waals surface area (Å²) >= 11 is 0. The van der Waals surface area contributed by atoms with E-state index in [2.05, 4.69) is 12.2 Å². The third kappa shape index (κ3) is 3.95. The Morgan fingerprint density at radius 3 is 2.31 bits per heavy atom. The van der Waals surface area contributed by atoms with Gasteiger partial charge in [-0.3, -0.25) is 4.79 Å². The molecule has 3 N–H and O–H groups in total. The van der Waals surface area contributed by atoms with Crippen molar-refractivity contribution >= 4 is 18.3 Å². The SMILES string of the molecule is CC1(CNC(=O)C(C)(C)CN)CCCC1.Cl. The molecule has 0 aromatic heterocycles. The Morgan fingerprint density at radius 1 is 1.38 bits per heavy atom. The van der Waals surface area contributed by atoms with E-state index in [4.69, 9.17) is 5.73 Å². The molecule has 0 unspecified atom stereocenters. The normalized spacial score (nSPS) is 19.0. The molecule has 96 valence electrons. The third-order valence-corrected chi connectivity index (χ3v) is 3.61. The third-order valence-electron chi connectivity index (χ3n) is 3.61. The fourth-order valence-corrected chi connectivity index (χ4v) is 2.03. The van der Waals surface area contributed by atoms with Crippen LogP contribution in [0, 0.1) is 10.8 Å². The van der Waals surface area contributed by atoms with Crippen LogP contribution in [0.1, 0.15) is 46.5 Å². The Kier molecular flexibility index (Phi) is 5.77. The highest BCUT2D eigenvalue weighted by atomic mass is 35.5. The van der Waals surface area contributed by atoms with E-state index < -0.39 is 5.41 Å². The fourth-order valence-electron chi connectivity index (χ4n) is 2.03. The number of carbonyl (C=O) groups is 1. The maximum absolute atomic E-state index is 11.8. The van der Waals surface area contributed by atoms with Gasteiger partial charge in [0.05, 0.1) is 5.41 Å². The van der Waals surface area contributed by atoms with E-state index >= 15 is 0 Å². The molecular weight excluding hydrogens is 224 g/mol. The largest absolute Gasteiger partial charge is 0.355 e. The second-order valence-electron chi connectivity index (χ2n) is 5.79. The minimum atomic E-state index is -0.436. The van der Waals surface area contributed by atoms with Gasteiger partial charge in [-0.25, -0.2) is 0 Å². The summed E-state index contributed by atoms with van der Waals surface area (Å²) in [7, 11) is 0. The molecule has 1 aliphatic carbocycles. The van der Waals surface area contributed by atoms with Gasteiger partial charge in [0.15, 0.2) is 0 Å². The van der Waals surface area contributed by atoms with Crippen molar-refractivity contribution in [2.75, 3.05) is 13.1 Å². The highest BCUT2D eigenvalue weighted by molar-refractivity contribution is 5.85. The Labute approximate surface area is 105 Å². The summed E-state index contributed by atoms with van der Waals surface area (Å²) in [5.41, 5.74) is 5.45. The lowest BCUT2D eigenvalue weighted by molar-refractivity contribution is -0.129. The van der Waals surface area contributed by atoms with E-state index in [1.165, 1.54) is 25.7 Å². The molecule has 0 spiro atoms. The molecule has 0 bridgehead atoms. The topological polar surface area (TPSA) is 55.1 Å². The highest BCUT2D eigenvalue weighted by Gasteiger charge is 2.31. The Balaban J connectivity index is 0.00000225. The predicted molar refractivity (Wildman–Crippen MR) is 69.7 cm³/mol. The van der Waals surface area contributed by atoms with Crippen molar-refractivity contribution in [3.63, 3.8) is 0 Å². The standard InChI is InChI=1S/C12H24N2O.ClH/c1-11(2,8-13)10(15)14-9-12(3)6-4-5-7-12;/h4-9,13H2,1-3H3,(H,14,15);1H. The van der Waals surface area contributed by atoms with Crippen molar-refractivity contribution in [3.8, 4) is 0 Å². The zero-order valence-corrected chi connectivity index (χ0v) is 11.5. The first-order valence-corrected chi connectivity index (χ1v) is 5.88. The first kappa shape index (κ1) is 15.7. The van der Waals surface area contributed by atoms with Gasteiger partial charge in [0.25, 0.3) is 0 Å². The smallest absolute Gasteiger partial charge is 0.226 e. The van der Waals surface area contributed by atoms with Gasteiger partial charge in [0.1, 0.15) is 0 Å². The van der Waals surface area contributed by atoms with Crippen LogP contribution >= 0.6 is 12.4 Å². The minimum Gasteiger partial charge on any atom is -0.355 e. The van der Waals surface area contributed by atoms with Crippen LogP contribution in [0.5, 0.6) is 0 Å². The number of amides is 1. The average molecular weight is 249 g/mol. The highest BCUT2D eigenvalue weighted by Crippen LogP contribution is 2.36. The van der Waals surface area contributed by atoms with E-state index in [1.807, 2.05) is 13.8 Å². The minimum absolute atomic E-state index is 0. The van der Waals surface area contributed by atoms with Gasteiger partial charge < -0.3 is 11.1 Å². The molecule has 0 heterocycles. The van der Waals surface area contributed by atoms with E-state index in [-0.39, 0.29) is 18.3 Å². The van der Waals surface area contributed by atoms with Gasteiger partial charge in [-0.15, -0.1) is 12.4 Å². The van der Waals surface area contributed by atoms with Crippen LogP contribution in [0.4, 0.5) is 0 Å². The molecule has 1 saturated carbocycles. The van der Waals surface area contributed by atoms with Gasteiger partial charge >= 0.3 is 0 Å². The second-order valence-corrected chi connectivity index (χ2v) is 5.79. The fraction of sp³-hybridized carbons (Fsp3) is 0.917. The molecule has 0 atom stereocenters. The number of nitrogens with one attached hydrogen (secondary N) is 1. The quantitative estimate of drug-likeness (QED) is 0.801. The number of hydrogen-bond acceptors (Lipinski definition) is 2. The van der Waals surface area contributed by atoms with Crippen LogP contribution in [-0.4, -0.2) is 19.0 Å². The van der Waals surface area contributed by atoms with E-state index in [0.29, 0.717) is 12.0 Å². The summed E-state index contributed by atoms with van der Waals surface area (Å²) in [6, 6.07) is 0. The van der Waals surface area contributed by atoms with Gasteiger partial charge in [-0.2, -0.15) is 0 Å². The van der Waals surface area contributed by atoms with E-state index in [0.717, 1.165) is 6.54 Å². The molecule has 0 radical (unpaired) electrons. The molecule has 1 aliphatic rings. The Hall–Kier alpha value is -0.280. The van der Waals surface area contributed by atoms with Crippen LogP contribution in [0.15, 0.2) is 0 Å². The molecule has 4 heteroatoms. The van der Waals surface area contributed by atoms with E-state index in [1.54, 1.807) is 0 Å². The summed E-state index contributed by atoms with van der Waals surface area (Å²) in [5, 5.41) is 3.04. The summed E-state index contributed by atoms with van der Waals surface area (Å²) in [5.74, 6) is 0.0816. The maximum atomic E-state index is 11.8. The van der Waals surface area contributed by atoms with Gasteiger partial charge in [-0.05, 0) is 32.1 Å². The van der Waals surface area contributed by atoms with Crippen LogP contribution in [0.25, 0.3) is 0 Å². The lowest BCUT2D eigenvalue weighted by Crippen LogP contribution is -2.45. The molecule has 0 saturated heterocycles. The Bertz CT molecular complexity index is 235. The monoisotopic (exact) mass is 248 g/mol. The summed E-state index contributed by atoms with van der Waals surface area (Å²) in [4.78, 5) is 11.8. The van der Waals surface area contributed by atoms with Crippen LogP contribution in [-0.2, 0) is 4.79 Å². The lowest BCUT2D eigenvalue weighted by Gasteiger charge is -2.27. The number of hydrogen-bond donors (Lipinski definition) is 2. The van der Waals surface area contributed by atoms with Crippen LogP contribution < -0.4 is 11.1 Å². The number of nitrogens with two attached hydrogens (primary N) is 1. The van der Waals surface area contributed by atoms with Crippen LogP contribution in [0.2, 0.25) is 0 Å². The van der Waals surface area contributed by atoms with Crippen molar-refractivity contribution in [2.45, 2.75) is 46.5 Å². The second kappa shape index (κ2) is 5.87. The van der Waals surface area contributed by atoms with Crippen molar-refractivity contribution in [1.82, 2.24) is 5.32 Å². The van der Waals surface area contributed by atoms with E-state index in [9.17, 15) is 4.79 Å². The molecule has 3 nitrogen and oxygen atoms in total. The molecule has 0 aromatic rings. The summed E-state index contributed by atoms with van der Waals surface area (Å²) in [6.45, 7) is 7.24. The molecule has 16 heavy (non-hydrogen) atoms. The zero-order chi connectivity index (χ0) is 11.5.